The Kier molecular flexibility index (Phi) is 65.5. The number of aliphatic hydroxyl groups is 1. The molecule has 0 aromatic carbocycles. The summed E-state index contributed by atoms with van der Waals surface area (Å²) < 4.78 is 10.7. The molecule has 0 saturated carbocycles. The third kappa shape index (κ3) is 67.2. The van der Waals surface area contributed by atoms with Crippen molar-refractivity contribution in [1.29, 1.82) is 0 Å². The van der Waals surface area contributed by atoms with Gasteiger partial charge < -0.3 is 14.6 Å². The summed E-state index contributed by atoms with van der Waals surface area (Å²) in [6.07, 6.45) is 111. The van der Waals surface area contributed by atoms with Gasteiger partial charge in [0.1, 0.15) is 6.61 Å². The number of hydrogen-bond acceptors (Lipinski definition) is 5. The molecule has 1 unspecified atom stereocenters. The lowest BCUT2D eigenvalue weighted by Gasteiger charge is -2.15. The van der Waals surface area contributed by atoms with Gasteiger partial charge in [-0.1, -0.05) is 298 Å². The van der Waals surface area contributed by atoms with Gasteiger partial charge in [-0.15, -0.1) is 0 Å². The lowest BCUT2D eigenvalue weighted by atomic mass is 10.1. The third-order valence-electron chi connectivity index (χ3n) is 13.4. The number of carbonyl (C=O) groups excluding carboxylic acids is 2. The van der Waals surface area contributed by atoms with Crippen molar-refractivity contribution < 1.29 is 24.2 Å². The summed E-state index contributed by atoms with van der Waals surface area (Å²) in [5.41, 5.74) is 0. The van der Waals surface area contributed by atoms with Gasteiger partial charge in [-0.2, -0.15) is 0 Å². The van der Waals surface area contributed by atoms with Crippen molar-refractivity contribution >= 4 is 11.9 Å². The zero-order chi connectivity index (χ0) is 59.1. The first kappa shape index (κ1) is 76.7. The molecule has 0 aromatic heterocycles. The van der Waals surface area contributed by atoms with Crippen LogP contribution in [0.3, 0.4) is 0 Å². The molecule has 1 atom stereocenters. The van der Waals surface area contributed by atoms with Crippen molar-refractivity contribution in [2.75, 3.05) is 13.2 Å². The lowest BCUT2D eigenvalue weighted by Crippen LogP contribution is -2.28. The molecule has 0 aromatic rings. The van der Waals surface area contributed by atoms with E-state index in [9.17, 15) is 14.7 Å². The molecule has 0 radical (unpaired) electrons. The highest BCUT2D eigenvalue weighted by molar-refractivity contribution is 5.70. The summed E-state index contributed by atoms with van der Waals surface area (Å²) in [5, 5.41) is 9.69. The monoisotopic (exact) mass is 1120 g/mol. The second-order valence-electron chi connectivity index (χ2n) is 21.1. The molecule has 0 aliphatic heterocycles. The number of ether oxygens (including phenoxy) is 2. The standard InChI is InChI=1S/C77H120O5/c1-3-5-7-9-11-13-15-17-19-21-23-25-27-29-31-33-34-35-36-37-38-39-40-41-42-44-46-48-50-52-54-56-58-60-62-64-66-68-70-72-77(80)82-75(73-78)74-81-76(79)71-69-67-65-63-61-59-57-55-53-51-49-47-45-43-32-30-28-26-24-22-20-18-16-14-12-10-8-6-4-2/h5-8,11-14,17-20,23-26,29-32,34-35,37-38,40-41,44-47,50,52,75,78H,3-4,9-10,15-16,21-22,27-28,33,36,39,42-43,48-49,51,53-74H2,1-2H3/b7-5-,8-6-,13-11-,14-12-,19-17-,20-18-,25-23-,26-24-,31-29-,32-30-,35-34-,38-37-,41-40-,46-44-,47-45-,52-50-. The van der Waals surface area contributed by atoms with E-state index in [2.05, 4.69) is 208 Å². The van der Waals surface area contributed by atoms with Crippen LogP contribution in [0, 0.1) is 0 Å². The largest absolute Gasteiger partial charge is 0.462 e. The molecule has 0 fully saturated rings. The Morgan fingerprint density at radius 3 is 0.732 bits per heavy atom. The second-order valence-corrected chi connectivity index (χ2v) is 21.1. The normalized spacial score (nSPS) is 13.5. The van der Waals surface area contributed by atoms with E-state index >= 15 is 0 Å². The maximum atomic E-state index is 12.4. The summed E-state index contributed by atoms with van der Waals surface area (Å²) in [6, 6.07) is 0. The van der Waals surface area contributed by atoms with E-state index in [1.165, 1.54) is 83.5 Å². The molecule has 0 spiro atoms. The predicted molar refractivity (Wildman–Crippen MR) is 361 cm³/mol. The number of carbonyl (C=O) groups is 2. The van der Waals surface area contributed by atoms with E-state index in [-0.39, 0.29) is 25.2 Å². The van der Waals surface area contributed by atoms with Crippen molar-refractivity contribution in [3.05, 3.63) is 194 Å². The van der Waals surface area contributed by atoms with E-state index < -0.39 is 6.10 Å². The molecule has 0 amide bonds. The zero-order valence-corrected chi connectivity index (χ0v) is 52.4. The number of unbranched alkanes of at least 4 members (excludes halogenated alkanes) is 18. The number of hydrogen-bond donors (Lipinski definition) is 1. The van der Waals surface area contributed by atoms with Crippen molar-refractivity contribution in [2.24, 2.45) is 0 Å². The molecule has 0 bridgehead atoms. The van der Waals surface area contributed by atoms with Crippen LogP contribution in [-0.4, -0.2) is 36.4 Å². The SMILES string of the molecule is CC/C=C\C/C=C\C/C=C\C/C=C\C/C=C\C/C=C\C/C=C\C/C=C\C/C=C\C/C=C\CCCCCCCCCCC(=O)OC(CO)COC(=O)CCCCCCCCCCCC/C=C\C/C=C\C/C=C\C/C=C\C/C=C\C/C=C\CC. The Balaban J connectivity index is 3.61. The number of aliphatic hydroxyl groups excluding tert-OH is 1. The van der Waals surface area contributed by atoms with E-state index in [4.69, 9.17) is 9.47 Å². The highest BCUT2D eigenvalue weighted by atomic mass is 16.6. The van der Waals surface area contributed by atoms with Crippen LogP contribution in [0.15, 0.2) is 194 Å². The summed E-state index contributed by atoms with van der Waals surface area (Å²) >= 11 is 0. The highest BCUT2D eigenvalue weighted by Gasteiger charge is 2.16. The Bertz CT molecular complexity index is 1900. The first-order chi connectivity index (χ1) is 40.6. The second kappa shape index (κ2) is 70.0. The first-order valence-corrected chi connectivity index (χ1v) is 33.0. The Hall–Kier alpha value is -5.26. The van der Waals surface area contributed by atoms with Gasteiger partial charge in [0, 0.05) is 12.8 Å². The van der Waals surface area contributed by atoms with Crippen LogP contribution >= 0.6 is 0 Å². The maximum absolute atomic E-state index is 12.4. The van der Waals surface area contributed by atoms with Crippen LogP contribution in [0.2, 0.25) is 0 Å². The Morgan fingerprint density at radius 2 is 0.488 bits per heavy atom. The van der Waals surface area contributed by atoms with Crippen LogP contribution < -0.4 is 0 Å². The first-order valence-electron chi connectivity index (χ1n) is 33.0. The molecular weight excluding hydrogens is 1000 g/mol. The number of allylic oxidation sites excluding steroid dienone is 32. The fourth-order valence-electron chi connectivity index (χ4n) is 8.53. The Labute approximate surface area is 505 Å². The van der Waals surface area contributed by atoms with Crippen molar-refractivity contribution in [3.8, 4) is 0 Å². The van der Waals surface area contributed by atoms with Crippen molar-refractivity contribution in [1.82, 2.24) is 0 Å². The minimum atomic E-state index is -0.795. The molecule has 5 nitrogen and oxygen atoms in total. The van der Waals surface area contributed by atoms with Crippen molar-refractivity contribution in [2.45, 2.75) is 264 Å². The highest BCUT2D eigenvalue weighted by Crippen LogP contribution is 2.15. The molecular formula is C77H120O5. The van der Waals surface area contributed by atoms with Gasteiger partial charge in [-0.05, 0) is 141 Å². The van der Waals surface area contributed by atoms with Gasteiger partial charge in [-0.3, -0.25) is 9.59 Å². The van der Waals surface area contributed by atoms with Gasteiger partial charge in [0.05, 0.1) is 6.61 Å². The molecule has 0 aliphatic rings. The lowest BCUT2D eigenvalue weighted by molar-refractivity contribution is -0.161. The average Bonchev–Trinajstić information content (AvgIpc) is 3.49. The molecule has 1 N–H and O–H groups in total. The average molecular weight is 1130 g/mol. The smallest absolute Gasteiger partial charge is 0.306 e. The maximum Gasteiger partial charge on any atom is 0.306 e. The van der Waals surface area contributed by atoms with Gasteiger partial charge in [0.25, 0.3) is 0 Å². The van der Waals surface area contributed by atoms with Gasteiger partial charge in [0.15, 0.2) is 6.10 Å². The molecule has 5 heteroatoms. The summed E-state index contributed by atoms with van der Waals surface area (Å²) in [7, 11) is 0. The van der Waals surface area contributed by atoms with E-state index in [1.54, 1.807) is 0 Å². The van der Waals surface area contributed by atoms with Gasteiger partial charge in [0.2, 0.25) is 0 Å². The molecule has 0 aliphatic carbocycles. The number of rotatable bonds is 58. The van der Waals surface area contributed by atoms with Crippen LogP contribution in [0.4, 0.5) is 0 Å². The van der Waals surface area contributed by atoms with Gasteiger partial charge in [-0.25, -0.2) is 0 Å². The minimum absolute atomic E-state index is 0.0834. The van der Waals surface area contributed by atoms with Crippen molar-refractivity contribution in [3.63, 3.8) is 0 Å². The Morgan fingerprint density at radius 1 is 0.280 bits per heavy atom. The molecule has 0 rings (SSSR count). The fourth-order valence-corrected chi connectivity index (χ4v) is 8.53. The summed E-state index contributed by atoms with van der Waals surface area (Å²) in [5.74, 6) is -0.616. The van der Waals surface area contributed by atoms with E-state index in [0.29, 0.717) is 12.8 Å². The molecule has 458 valence electrons. The molecule has 0 saturated heterocycles. The summed E-state index contributed by atoms with van der Waals surface area (Å²) in [4.78, 5) is 24.6. The fraction of sp³-hybridized carbons (Fsp3) is 0.558. The van der Waals surface area contributed by atoms with Crippen LogP contribution in [0.25, 0.3) is 0 Å². The third-order valence-corrected chi connectivity index (χ3v) is 13.4. The number of esters is 2. The summed E-state index contributed by atoms with van der Waals surface area (Å²) in [6.45, 7) is 3.90. The molecule has 82 heavy (non-hydrogen) atoms. The predicted octanol–water partition coefficient (Wildman–Crippen LogP) is 23.2. The van der Waals surface area contributed by atoms with Crippen LogP contribution in [-0.2, 0) is 19.1 Å². The van der Waals surface area contributed by atoms with Crippen LogP contribution in [0.5, 0.6) is 0 Å². The molecule has 0 heterocycles. The van der Waals surface area contributed by atoms with Gasteiger partial charge >= 0.3 is 11.9 Å². The topological polar surface area (TPSA) is 72.8 Å². The van der Waals surface area contributed by atoms with E-state index in [0.717, 1.165) is 148 Å². The zero-order valence-electron chi connectivity index (χ0n) is 52.4. The quantitative estimate of drug-likeness (QED) is 0.0373. The van der Waals surface area contributed by atoms with E-state index in [1.807, 2.05) is 0 Å². The minimum Gasteiger partial charge on any atom is -0.462 e. The van der Waals surface area contributed by atoms with Crippen LogP contribution in [0.1, 0.15) is 258 Å².